The molecule has 0 saturated carbocycles. The summed E-state index contributed by atoms with van der Waals surface area (Å²) >= 11 is 0. The minimum Gasteiger partial charge on any atom is -0.463 e. The number of esters is 4. The van der Waals surface area contributed by atoms with Gasteiger partial charge in [0.1, 0.15) is 18.8 Å². The van der Waals surface area contributed by atoms with Crippen molar-refractivity contribution in [3.8, 4) is 0 Å². The quantitative estimate of drug-likeness (QED) is 0.277. The molecule has 0 bridgehead atoms. The Balaban J connectivity index is 1.95. The smallest absolute Gasteiger partial charge is 0.303 e. The molecule has 0 unspecified atom stereocenters. The maximum absolute atomic E-state index is 12.0. The molecule has 0 N–H and O–H groups in total. The second-order valence-electron chi connectivity index (χ2n) is 8.57. The molecule has 1 radical (unpaired) electrons. The molecule has 12 heteroatoms. The first kappa shape index (κ1) is 27.8. The maximum Gasteiger partial charge on any atom is 0.303 e. The molecule has 199 valence electrons. The van der Waals surface area contributed by atoms with E-state index in [-0.39, 0.29) is 31.3 Å². The average Bonchev–Trinajstić information content (AvgIpc) is 3.12. The van der Waals surface area contributed by atoms with E-state index >= 15 is 0 Å². The van der Waals surface area contributed by atoms with Gasteiger partial charge in [-0.2, -0.15) is 0 Å². The first-order valence-electron chi connectivity index (χ1n) is 11.6. The number of likely N-dealkylation sites (tertiary alicyclic amines) is 1. The highest BCUT2D eigenvalue weighted by Gasteiger charge is 2.52. The van der Waals surface area contributed by atoms with Crippen molar-refractivity contribution in [2.75, 3.05) is 6.61 Å². The minimum absolute atomic E-state index is 0.151. The van der Waals surface area contributed by atoms with Crippen LogP contribution in [0.2, 0.25) is 0 Å². The number of amides is 2. The van der Waals surface area contributed by atoms with Crippen LogP contribution in [0.3, 0.4) is 0 Å². The SMILES string of the molecule is CC(=O)OC[C@H]1O[C@@H](c2ccc([CH]N3C(=O)CCC3=O)cc2)[C@H](OC(C)=O)[C@@H](OC(C)=O)[C@@H]1OC(C)=O. The van der Waals surface area contributed by atoms with Crippen LogP contribution < -0.4 is 0 Å². The lowest BCUT2D eigenvalue weighted by Crippen LogP contribution is -2.59. The molecule has 1 aromatic rings. The number of benzene rings is 1. The van der Waals surface area contributed by atoms with Gasteiger partial charge in [0.15, 0.2) is 18.3 Å². The zero-order valence-corrected chi connectivity index (χ0v) is 20.8. The summed E-state index contributed by atoms with van der Waals surface area (Å²) in [4.78, 5) is 72.1. The van der Waals surface area contributed by atoms with E-state index in [2.05, 4.69) is 0 Å². The fourth-order valence-corrected chi connectivity index (χ4v) is 4.16. The van der Waals surface area contributed by atoms with Crippen molar-refractivity contribution in [1.82, 2.24) is 4.90 Å². The highest BCUT2D eigenvalue weighted by Crippen LogP contribution is 2.38. The number of carbonyl (C=O) groups is 6. The number of ether oxygens (including phenoxy) is 5. The molecule has 0 aromatic heterocycles. The van der Waals surface area contributed by atoms with E-state index in [4.69, 9.17) is 23.7 Å². The molecule has 2 heterocycles. The lowest BCUT2D eigenvalue weighted by atomic mass is 9.90. The van der Waals surface area contributed by atoms with E-state index in [0.717, 1.165) is 25.7 Å². The molecule has 0 spiro atoms. The molecule has 1 aromatic carbocycles. The zero-order chi connectivity index (χ0) is 27.3. The summed E-state index contributed by atoms with van der Waals surface area (Å²) in [5, 5.41) is 0. The van der Waals surface area contributed by atoms with Crippen molar-refractivity contribution >= 4 is 35.7 Å². The fraction of sp³-hybridized carbons (Fsp3) is 0.480. The van der Waals surface area contributed by atoms with Gasteiger partial charge >= 0.3 is 23.9 Å². The molecular weight excluding hydrogens is 490 g/mol. The van der Waals surface area contributed by atoms with Gasteiger partial charge in [0.25, 0.3) is 0 Å². The number of nitrogens with zero attached hydrogens (tertiary/aromatic N) is 1. The van der Waals surface area contributed by atoms with E-state index in [1.807, 2.05) is 0 Å². The Bertz CT molecular complexity index is 1050. The predicted octanol–water partition coefficient (Wildman–Crippen LogP) is 1.14. The van der Waals surface area contributed by atoms with Crippen molar-refractivity contribution in [1.29, 1.82) is 0 Å². The van der Waals surface area contributed by atoms with Crippen LogP contribution in [0.1, 0.15) is 57.8 Å². The van der Waals surface area contributed by atoms with E-state index in [1.54, 1.807) is 24.3 Å². The van der Waals surface area contributed by atoms with Crippen LogP contribution in [0, 0.1) is 6.54 Å². The topological polar surface area (TPSA) is 152 Å². The summed E-state index contributed by atoms with van der Waals surface area (Å²) < 4.78 is 27.5. The van der Waals surface area contributed by atoms with Gasteiger partial charge in [-0.15, -0.1) is 0 Å². The highest BCUT2D eigenvalue weighted by molar-refractivity contribution is 6.03. The number of carbonyl (C=O) groups excluding carboxylic acids is 6. The van der Waals surface area contributed by atoms with Crippen molar-refractivity contribution in [2.45, 2.75) is 71.1 Å². The van der Waals surface area contributed by atoms with Gasteiger partial charge in [0.05, 0.1) is 6.54 Å². The molecule has 37 heavy (non-hydrogen) atoms. The molecular formula is C25H28NO11. The number of hydrogen-bond donors (Lipinski definition) is 0. The number of imide groups is 1. The normalized spacial score (nSPS) is 25.4. The van der Waals surface area contributed by atoms with E-state index < -0.39 is 54.4 Å². The van der Waals surface area contributed by atoms with Crippen LogP contribution in [-0.2, 0) is 52.5 Å². The second kappa shape index (κ2) is 12.0. The Labute approximate surface area is 213 Å². The summed E-state index contributed by atoms with van der Waals surface area (Å²) in [7, 11) is 0. The van der Waals surface area contributed by atoms with Crippen molar-refractivity contribution < 1.29 is 52.5 Å². The van der Waals surface area contributed by atoms with E-state index in [0.29, 0.717) is 11.1 Å². The number of rotatable bonds is 8. The Morgan fingerprint density at radius 1 is 0.811 bits per heavy atom. The van der Waals surface area contributed by atoms with E-state index in [1.165, 1.54) is 13.5 Å². The summed E-state index contributed by atoms with van der Waals surface area (Å²) in [6.07, 6.45) is -5.55. The molecule has 2 fully saturated rings. The zero-order valence-electron chi connectivity index (χ0n) is 20.8. The monoisotopic (exact) mass is 518 g/mol. The fourth-order valence-electron chi connectivity index (χ4n) is 4.16. The third kappa shape index (κ3) is 7.13. The van der Waals surface area contributed by atoms with Crippen molar-refractivity contribution in [3.63, 3.8) is 0 Å². The molecule has 3 rings (SSSR count). The number of hydrogen-bond acceptors (Lipinski definition) is 11. The summed E-state index contributed by atoms with van der Waals surface area (Å²) in [6.45, 7) is 5.74. The molecule has 0 aliphatic carbocycles. The van der Waals surface area contributed by atoms with E-state index in [9.17, 15) is 28.8 Å². The Morgan fingerprint density at radius 3 is 1.84 bits per heavy atom. The average molecular weight is 518 g/mol. The third-order valence-electron chi connectivity index (χ3n) is 5.62. The molecule has 2 aliphatic rings. The molecule has 2 saturated heterocycles. The largest absolute Gasteiger partial charge is 0.463 e. The van der Waals surface area contributed by atoms with Crippen molar-refractivity contribution in [3.05, 3.63) is 41.9 Å². The first-order chi connectivity index (χ1) is 17.5. The molecule has 12 nitrogen and oxygen atoms in total. The standard InChI is InChI=1S/C25H28NO11/c1-13(27)33-12-19-23(34-14(2)28)25(36-16(4)30)24(35-15(3)29)22(37-19)18-7-5-17(6-8-18)11-26-20(31)9-10-21(26)32/h5-8,11,19,22-25H,9-10,12H2,1-4H3/t19-,22+,23-,24+,25+/m1/s1. The van der Waals surface area contributed by atoms with Gasteiger partial charge in [0.2, 0.25) is 11.8 Å². The lowest BCUT2D eigenvalue weighted by Gasteiger charge is -2.44. The van der Waals surface area contributed by atoms with Gasteiger partial charge in [-0.05, 0) is 11.1 Å². The summed E-state index contributed by atoms with van der Waals surface area (Å²) in [5.41, 5.74) is 1.03. The van der Waals surface area contributed by atoms with Crippen LogP contribution >= 0.6 is 0 Å². The Morgan fingerprint density at radius 2 is 1.32 bits per heavy atom. The van der Waals surface area contributed by atoms with Gasteiger partial charge < -0.3 is 23.7 Å². The van der Waals surface area contributed by atoms with Gasteiger partial charge in [0, 0.05) is 40.5 Å². The minimum atomic E-state index is -1.28. The maximum atomic E-state index is 12.0. The van der Waals surface area contributed by atoms with Crippen LogP contribution in [0.25, 0.3) is 0 Å². The summed E-state index contributed by atoms with van der Waals surface area (Å²) in [6, 6.07) is 6.50. The van der Waals surface area contributed by atoms with Gasteiger partial charge in [-0.3, -0.25) is 33.7 Å². The second-order valence-corrected chi connectivity index (χ2v) is 8.57. The highest BCUT2D eigenvalue weighted by atomic mass is 16.7. The van der Waals surface area contributed by atoms with Crippen LogP contribution in [-0.4, -0.2) is 71.6 Å². The predicted molar refractivity (Wildman–Crippen MR) is 122 cm³/mol. The lowest BCUT2D eigenvalue weighted by molar-refractivity contribution is -0.254. The van der Waals surface area contributed by atoms with Crippen molar-refractivity contribution in [2.24, 2.45) is 0 Å². The molecule has 2 aliphatic heterocycles. The molecule has 5 atom stereocenters. The van der Waals surface area contributed by atoms with Gasteiger partial charge in [-0.1, -0.05) is 24.3 Å². The van der Waals surface area contributed by atoms with Crippen LogP contribution in [0.4, 0.5) is 0 Å². The van der Waals surface area contributed by atoms with Gasteiger partial charge in [-0.25, -0.2) is 0 Å². The Hall–Kier alpha value is -3.80. The van der Waals surface area contributed by atoms with Crippen LogP contribution in [0.5, 0.6) is 0 Å². The summed E-state index contributed by atoms with van der Waals surface area (Å²) in [5.74, 6) is -3.35. The molecule has 2 amide bonds. The van der Waals surface area contributed by atoms with Crippen LogP contribution in [0.15, 0.2) is 24.3 Å². The third-order valence-corrected chi connectivity index (χ3v) is 5.62. The first-order valence-corrected chi connectivity index (χ1v) is 11.6. The Kier molecular flexibility index (Phi) is 8.98.